The third-order valence-corrected chi connectivity index (χ3v) is 4.13. The number of carboxylic acid groups (broad SMARTS) is 1. The van der Waals surface area contributed by atoms with Crippen LogP contribution in [-0.4, -0.2) is 36.2 Å². The largest absolute Gasteiger partial charge is 0.486 e. The Morgan fingerprint density at radius 3 is 2.59 bits per heavy atom. The van der Waals surface area contributed by atoms with Gasteiger partial charge in [-0.1, -0.05) is 17.7 Å². The average molecular weight is 389 g/mol. The number of benzene rings is 2. The predicted octanol–water partition coefficient (Wildman–Crippen LogP) is 3.86. The monoisotopic (exact) mass is 388 g/mol. The highest BCUT2D eigenvalue weighted by molar-refractivity contribution is 6.32. The van der Waals surface area contributed by atoms with Crippen molar-refractivity contribution in [2.45, 2.75) is 13.0 Å². The molecule has 0 fully saturated rings. The third kappa shape index (κ3) is 4.60. The van der Waals surface area contributed by atoms with Crippen LogP contribution in [0.4, 0.5) is 0 Å². The van der Waals surface area contributed by atoms with Gasteiger partial charge in [-0.15, -0.1) is 0 Å². The quantitative estimate of drug-likeness (QED) is 0.597. The Bertz CT molecular complexity index is 888. The van der Waals surface area contributed by atoms with Gasteiger partial charge in [0.15, 0.2) is 23.4 Å². The van der Waals surface area contributed by atoms with E-state index in [1.165, 1.54) is 13.0 Å². The first kappa shape index (κ1) is 18.8. The molecule has 0 aromatic heterocycles. The van der Waals surface area contributed by atoms with Gasteiger partial charge in [0, 0.05) is 5.56 Å². The lowest BCUT2D eigenvalue weighted by atomic mass is 10.1. The van der Waals surface area contributed by atoms with Crippen molar-refractivity contribution < 1.29 is 28.9 Å². The minimum Gasteiger partial charge on any atom is -0.486 e. The van der Waals surface area contributed by atoms with Crippen LogP contribution in [0, 0.1) is 0 Å². The molecule has 2 aromatic rings. The maximum Gasteiger partial charge on any atom is 0.344 e. The van der Waals surface area contributed by atoms with Crippen molar-refractivity contribution in [1.29, 1.82) is 0 Å². The molecule has 140 valence electrons. The van der Waals surface area contributed by atoms with E-state index in [9.17, 15) is 9.59 Å². The minimum absolute atomic E-state index is 0.209. The van der Waals surface area contributed by atoms with E-state index in [0.29, 0.717) is 46.6 Å². The number of ether oxygens (including phenoxy) is 3. The number of allylic oxidation sites excluding steroid dienone is 1. The summed E-state index contributed by atoms with van der Waals surface area (Å²) in [4.78, 5) is 23.1. The van der Waals surface area contributed by atoms with Gasteiger partial charge in [0.2, 0.25) is 0 Å². The summed E-state index contributed by atoms with van der Waals surface area (Å²) in [6, 6.07) is 9.72. The topological polar surface area (TPSA) is 82.1 Å². The maximum absolute atomic E-state index is 12.3. The first-order valence-corrected chi connectivity index (χ1v) is 8.63. The van der Waals surface area contributed by atoms with E-state index in [4.69, 9.17) is 30.9 Å². The molecule has 1 aliphatic heterocycles. The lowest BCUT2D eigenvalue weighted by Gasteiger charge is -2.19. The number of carbonyl (C=O) groups is 2. The van der Waals surface area contributed by atoms with Crippen molar-refractivity contribution in [3.8, 4) is 17.2 Å². The number of carboxylic acids is 1. The average Bonchev–Trinajstić information content (AvgIpc) is 2.66. The van der Waals surface area contributed by atoms with Gasteiger partial charge in [0.05, 0.1) is 5.02 Å². The summed E-state index contributed by atoms with van der Waals surface area (Å²) in [6.45, 7) is 2.33. The van der Waals surface area contributed by atoms with Crippen molar-refractivity contribution in [1.82, 2.24) is 0 Å². The number of hydrogen-bond acceptors (Lipinski definition) is 5. The summed E-state index contributed by atoms with van der Waals surface area (Å²) < 4.78 is 16.2. The van der Waals surface area contributed by atoms with Crippen LogP contribution in [-0.2, 0) is 4.79 Å². The van der Waals surface area contributed by atoms with Crippen molar-refractivity contribution >= 4 is 29.4 Å². The number of carbonyl (C=O) groups excluding carboxylic acids is 1. The highest BCUT2D eigenvalue weighted by Gasteiger charge is 2.16. The van der Waals surface area contributed by atoms with Crippen LogP contribution in [0.2, 0.25) is 5.02 Å². The summed E-state index contributed by atoms with van der Waals surface area (Å²) in [7, 11) is 0. The van der Waals surface area contributed by atoms with Crippen LogP contribution in [0.1, 0.15) is 22.8 Å². The van der Waals surface area contributed by atoms with Gasteiger partial charge in [-0.3, -0.25) is 4.79 Å². The summed E-state index contributed by atoms with van der Waals surface area (Å²) in [5.74, 6) is 0.173. The Morgan fingerprint density at radius 2 is 1.89 bits per heavy atom. The highest BCUT2D eigenvalue weighted by atomic mass is 35.5. The van der Waals surface area contributed by atoms with E-state index >= 15 is 0 Å². The summed E-state index contributed by atoms with van der Waals surface area (Å²) >= 11 is 6.18. The highest BCUT2D eigenvalue weighted by Crippen LogP contribution is 2.38. The molecule has 6 nitrogen and oxygen atoms in total. The molecular formula is C20H17ClO6. The molecule has 1 aliphatic rings. The zero-order valence-corrected chi connectivity index (χ0v) is 15.2. The molecule has 2 aromatic carbocycles. The molecule has 1 heterocycles. The molecule has 27 heavy (non-hydrogen) atoms. The normalized spacial score (nSPS) is 14.0. The maximum atomic E-state index is 12.3. The van der Waals surface area contributed by atoms with E-state index in [2.05, 4.69) is 0 Å². The van der Waals surface area contributed by atoms with Crippen molar-refractivity contribution in [3.05, 3.63) is 58.6 Å². The van der Waals surface area contributed by atoms with E-state index in [-0.39, 0.29) is 5.78 Å². The Kier molecular flexibility index (Phi) is 5.66. The molecule has 0 saturated carbocycles. The lowest BCUT2D eigenvalue weighted by Crippen LogP contribution is -2.22. The fraction of sp³-hybridized carbons (Fsp3) is 0.200. The van der Waals surface area contributed by atoms with Crippen LogP contribution in [0.5, 0.6) is 17.2 Å². The molecule has 0 amide bonds. The SMILES string of the molecule is CC(Oc1ccc(C(=O)C=Cc2cc(Cl)c3c(c2)OCCO3)cc1)C(=O)O. The smallest absolute Gasteiger partial charge is 0.344 e. The van der Waals surface area contributed by atoms with Crippen molar-refractivity contribution in [2.75, 3.05) is 13.2 Å². The van der Waals surface area contributed by atoms with Gasteiger partial charge >= 0.3 is 5.97 Å². The molecule has 1 N–H and O–H groups in total. The van der Waals surface area contributed by atoms with E-state index in [1.54, 1.807) is 42.5 Å². The van der Waals surface area contributed by atoms with E-state index < -0.39 is 12.1 Å². The fourth-order valence-electron chi connectivity index (χ4n) is 2.45. The zero-order valence-electron chi connectivity index (χ0n) is 14.5. The number of aliphatic carboxylic acids is 1. The summed E-state index contributed by atoms with van der Waals surface area (Å²) in [5.41, 5.74) is 1.16. The predicted molar refractivity (Wildman–Crippen MR) is 100.0 cm³/mol. The second-order valence-electron chi connectivity index (χ2n) is 5.85. The van der Waals surface area contributed by atoms with Gasteiger partial charge in [-0.05, 0) is 55.0 Å². The zero-order chi connectivity index (χ0) is 19.4. The molecule has 0 spiro atoms. The molecule has 1 unspecified atom stereocenters. The number of hydrogen-bond donors (Lipinski definition) is 1. The minimum atomic E-state index is -1.06. The van der Waals surface area contributed by atoms with E-state index in [0.717, 1.165) is 0 Å². The van der Waals surface area contributed by atoms with Gasteiger partial charge in [0.25, 0.3) is 0 Å². The Morgan fingerprint density at radius 1 is 1.19 bits per heavy atom. The van der Waals surface area contributed by atoms with Gasteiger partial charge in [-0.25, -0.2) is 4.79 Å². The van der Waals surface area contributed by atoms with Gasteiger partial charge in [0.1, 0.15) is 19.0 Å². The number of halogens is 1. The number of fused-ring (bicyclic) bond motifs is 1. The van der Waals surface area contributed by atoms with Crippen LogP contribution in [0.25, 0.3) is 6.08 Å². The second-order valence-corrected chi connectivity index (χ2v) is 6.25. The van der Waals surface area contributed by atoms with Gasteiger partial charge in [-0.2, -0.15) is 0 Å². The van der Waals surface area contributed by atoms with Crippen LogP contribution in [0.15, 0.2) is 42.5 Å². The molecule has 0 radical (unpaired) electrons. The summed E-state index contributed by atoms with van der Waals surface area (Å²) in [5, 5.41) is 9.27. The van der Waals surface area contributed by atoms with Crippen LogP contribution >= 0.6 is 11.6 Å². The second kappa shape index (κ2) is 8.14. The molecule has 0 aliphatic carbocycles. The van der Waals surface area contributed by atoms with Crippen molar-refractivity contribution in [3.63, 3.8) is 0 Å². The summed E-state index contributed by atoms with van der Waals surface area (Å²) in [6.07, 6.45) is 2.10. The molecule has 0 bridgehead atoms. The molecule has 7 heteroatoms. The lowest BCUT2D eigenvalue weighted by molar-refractivity contribution is -0.144. The van der Waals surface area contributed by atoms with Crippen LogP contribution in [0.3, 0.4) is 0 Å². The van der Waals surface area contributed by atoms with Crippen LogP contribution < -0.4 is 14.2 Å². The number of ketones is 1. The molecular weight excluding hydrogens is 372 g/mol. The molecule has 0 saturated heterocycles. The fourth-order valence-corrected chi connectivity index (χ4v) is 2.72. The molecule has 3 rings (SSSR count). The van der Waals surface area contributed by atoms with Crippen molar-refractivity contribution in [2.24, 2.45) is 0 Å². The Labute approximate surface area is 160 Å². The van der Waals surface area contributed by atoms with E-state index in [1.807, 2.05) is 0 Å². The third-order valence-electron chi connectivity index (χ3n) is 3.85. The van der Waals surface area contributed by atoms with Gasteiger partial charge < -0.3 is 19.3 Å². The Balaban J connectivity index is 1.70. The Hall–Kier alpha value is -2.99. The first-order chi connectivity index (χ1) is 12.9. The number of rotatable bonds is 6. The molecule has 1 atom stereocenters. The first-order valence-electron chi connectivity index (χ1n) is 8.25. The standard InChI is InChI=1S/C20H17ClO6/c1-12(20(23)24)27-15-5-3-14(4-6-15)17(22)7-2-13-10-16(21)19-18(11-13)25-8-9-26-19/h2-7,10-12H,8-9H2,1H3,(H,23,24).